The number of hydrogen-bond acceptors (Lipinski definition) is 5. The van der Waals surface area contributed by atoms with Crippen molar-refractivity contribution >= 4 is 34.5 Å². The first-order valence-corrected chi connectivity index (χ1v) is 6.42. The van der Waals surface area contributed by atoms with Crippen LogP contribution in [0.1, 0.15) is 30.6 Å². The summed E-state index contributed by atoms with van der Waals surface area (Å²) in [5, 5.41) is 6.04. The third kappa shape index (κ3) is 5.27. The molecule has 1 rings (SSSR count). The van der Waals surface area contributed by atoms with Gasteiger partial charge in [0.1, 0.15) is 5.17 Å². The fraction of sp³-hybridized carbons (Fsp3) is 0.308. The highest BCUT2D eigenvalue weighted by Crippen LogP contribution is 2.11. The fourth-order valence-electron chi connectivity index (χ4n) is 1.20. The molecule has 6 nitrogen and oxygen atoms in total. The highest BCUT2D eigenvalue weighted by Gasteiger charge is 2.07. The normalized spacial score (nSPS) is 10.8. The van der Waals surface area contributed by atoms with Gasteiger partial charge in [-0.3, -0.25) is 10.2 Å². The van der Waals surface area contributed by atoms with Crippen molar-refractivity contribution in [1.29, 1.82) is 0 Å². The quantitative estimate of drug-likeness (QED) is 0.391. The Morgan fingerprint density at radius 1 is 1.25 bits per heavy atom. The Morgan fingerprint density at radius 3 is 2.45 bits per heavy atom. The van der Waals surface area contributed by atoms with E-state index in [1.54, 1.807) is 26.0 Å². The second-order valence-corrected chi connectivity index (χ2v) is 4.06. The molecule has 0 aliphatic rings. The second kappa shape index (κ2) is 8.16. The van der Waals surface area contributed by atoms with Gasteiger partial charge in [0.05, 0.1) is 12.2 Å². The molecule has 0 bridgehead atoms. The fourth-order valence-corrected chi connectivity index (χ4v) is 1.23. The van der Waals surface area contributed by atoms with E-state index in [0.29, 0.717) is 24.3 Å². The van der Waals surface area contributed by atoms with E-state index in [0.717, 1.165) is 0 Å². The number of rotatable bonds is 5. The van der Waals surface area contributed by atoms with E-state index in [1.807, 2.05) is 0 Å². The number of benzene rings is 1. The minimum atomic E-state index is -0.763. The average molecular weight is 299 g/mol. The summed E-state index contributed by atoms with van der Waals surface area (Å²) in [6, 6.07) is 6.18. The van der Waals surface area contributed by atoms with Crippen LogP contribution in [0.4, 0.5) is 10.5 Å². The number of nitrogens with one attached hydrogen (secondary N) is 1. The molecule has 0 radical (unpaired) electrons. The zero-order valence-electron chi connectivity index (χ0n) is 11.2. The third-order valence-electron chi connectivity index (χ3n) is 2.16. The molecule has 1 aromatic carbocycles. The minimum absolute atomic E-state index is 0.192. The van der Waals surface area contributed by atoms with E-state index in [2.05, 4.69) is 15.3 Å². The van der Waals surface area contributed by atoms with Crippen LogP contribution in [0, 0.1) is 0 Å². The molecule has 0 saturated carbocycles. The molecule has 0 aromatic heterocycles. The van der Waals surface area contributed by atoms with Gasteiger partial charge >= 0.3 is 12.1 Å². The van der Waals surface area contributed by atoms with Gasteiger partial charge in [0.2, 0.25) is 0 Å². The van der Waals surface area contributed by atoms with Crippen LogP contribution in [0.2, 0.25) is 0 Å². The van der Waals surface area contributed by atoms with Crippen molar-refractivity contribution in [1.82, 2.24) is 0 Å². The van der Waals surface area contributed by atoms with Gasteiger partial charge in [0.25, 0.3) is 0 Å². The SMILES string of the molecule is CCOC(=O)c1ccc(NC(=O)O/N=C(/Cl)CC)cc1. The molecule has 0 aliphatic heterocycles. The van der Waals surface area contributed by atoms with Crippen molar-refractivity contribution in [3.8, 4) is 0 Å². The Labute approximate surface area is 121 Å². The second-order valence-electron chi connectivity index (χ2n) is 3.62. The molecule has 7 heteroatoms. The van der Waals surface area contributed by atoms with Crippen molar-refractivity contribution in [2.24, 2.45) is 5.16 Å². The largest absolute Gasteiger partial charge is 0.462 e. The number of amides is 1. The monoisotopic (exact) mass is 298 g/mol. The van der Waals surface area contributed by atoms with Crippen LogP contribution in [-0.2, 0) is 9.57 Å². The molecule has 108 valence electrons. The molecule has 0 saturated heterocycles. The molecule has 0 fully saturated rings. The standard InChI is InChI=1S/C13H15ClN2O4/c1-3-11(14)16-20-13(18)15-10-7-5-9(6-8-10)12(17)19-4-2/h5-8H,3-4H2,1-2H3,(H,15,18)/b16-11+. The lowest BCUT2D eigenvalue weighted by Crippen LogP contribution is -2.11. The van der Waals surface area contributed by atoms with E-state index < -0.39 is 12.1 Å². The Hall–Kier alpha value is -2.08. The maximum absolute atomic E-state index is 11.4. The summed E-state index contributed by atoms with van der Waals surface area (Å²) < 4.78 is 4.84. The summed E-state index contributed by atoms with van der Waals surface area (Å²) in [6.07, 6.45) is -0.288. The summed E-state index contributed by atoms with van der Waals surface area (Å²) in [5.41, 5.74) is 0.865. The predicted molar refractivity (Wildman–Crippen MR) is 76.1 cm³/mol. The number of hydrogen-bond donors (Lipinski definition) is 1. The topological polar surface area (TPSA) is 77.0 Å². The van der Waals surface area contributed by atoms with E-state index in [9.17, 15) is 9.59 Å². The molecule has 0 heterocycles. The van der Waals surface area contributed by atoms with Crippen molar-refractivity contribution in [3.05, 3.63) is 29.8 Å². The Morgan fingerprint density at radius 2 is 1.90 bits per heavy atom. The molecule has 0 aliphatic carbocycles. The van der Waals surface area contributed by atoms with Gasteiger partial charge in [-0.15, -0.1) is 0 Å². The lowest BCUT2D eigenvalue weighted by atomic mass is 10.2. The maximum atomic E-state index is 11.4. The first-order valence-electron chi connectivity index (χ1n) is 6.04. The van der Waals surface area contributed by atoms with E-state index in [-0.39, 0.29) is 5.17 Å². The van der Waals surface area contributed by atoms with Crippen LogP contribution < -0.4 is 5.32 Å². The van der Waals surface area contributed by atoms with Crippen molar-refractivity contribution in [2.75, 3.05) is 11.9 Å². The molecule has 0 unspecified atom stereocenters. The number of anilines is 1. The van der Waals surface area contributed by atoms with E-state index in [4.69, 9.17) is 16.3 Å². The lowest BCUT2D eigenvalue weighted by molar-refractivity contribution is 0.0526. The highest BCUT2D eigenvalue weighted by molar-refractivity contribution is 6.65. The zero-order valence-corrected chi connectivity index (χ0v) is 11.9. The van der Waals surface area contributed by atoms with Gasteiger partial charge in [0, 0.05) is 12.1 Å². The van der Waals surface area contributed by atoms with Crippen LogP contribution in [0.25, 0.3) is 0 Å². The predicted octanol–water partition coefficient (Wildman–Crippen LogP) is 3.37. The smallest absolute Gasteiger partial charge is 0.437 e. The van der Waals surface area contributed by atoms with Crippen molar-refractivity contribution in [2.45, 2.75) is 20.3 Å². The lowest BCUT2D eigenvalue weighted by Gasteiger charge is -2.05. The van der Waals surface area contributed by atoms with Gasteiger partial charge in [-0.05, 0) is 31.2 Å². The Kier molecular flexibility index (Phi) is 6.52. The molecule has 1 aromatic rings. The highest BCUT2D eigenvalue weighted by atomic mass is 35.5. The van der Waals surface area contributed by atoms with Crippen LogP contribution >= 0.6 is 11.6 Å². The molecular formula is C13H15ClN2O4. The first kappa shape index (κ1) is 16.0. The van der Waals surface area contributed by atoms with Crippen LogP contribution in [0.5, 0.6) is 0 Å². The molecular weight excluding hydrogens is 284 g/mol. The van der Waals surface area contributed by atoms with Gasteiger partial charge in [0.15, 0.2) is 0 Å². The number of oxime groups is 1. The summed E-state index contributed by atoms with van der Waals surface area (Å²) in [6.45, 7) is 3.81. The number of esters is 1. The van der Waals surface area contributed by atoms with Crippen LogP contribution in [0.15, 0.2) is 29.4 Å². The number of halogens is 1. The van der Waals surface area contributed by atoms with Gasteiger partial charge in [-0.1, -0.05) is 23.7 Å². The number of carbonyl (C=O) groups is 2. The number of ether oxygens (including phenoxy) is 1. The number of carbonyl (C=O) groups excluding carboxylic acids is 2. The summed E-state index contributed by atoms with van der Waals surface area (Å²) in [7, 11) is 0. The Bertz CT molecular complexity index is 500. The van der Waals surface area contributed by atoms with Crippen molar-refractivity contribution < 1.29 is 19.2 Å². The van der Waals surface area contributed by atoms with E-state index in [1.165, 1.54) is 12.1 Å². The summed E-state index contributed by atoms with van der Waals surface area (Å²) in [5.74, 6) is -0.416. The molecule has 1 N–H and O–H groups in total. The average Bonchev–Trinajstić information content (AvgIpc) is 2.45. The molecule has 1 amide bonds. The molecule has 20 heavy (non-hydrogen) atoms. The first-order chi connectivity index (χ1) is 9.56. The minimum Gasteiger partial charge on any atom is -0.462 e. The Balaban J connectivity index is 2.57. The van der Waals surface area contributed by atoms with Gasteiger partial charge in [-0.2, -0.15) is 0 Å². The van der Waals surface area contributed by atoms with Crippen molar-refractivity contribution in [3.63, 3.8) is 0 Å². The zero-order chi connectivity index (χ0) is 15.0. The van der Waals surface area contributed by atoms with Gasteiger partial charge < -0.3 is 4.74 Å². The van der Waals surface area contributed by atoms with E-state index >= 15 is 0 Å². The van der Waals surface area contributed by atoms with Crippen LogP contribution in [-0.4, -0.2) is 23.8 Å². The third-order valence-corrected chi connectivity index (χ3v) is 2.50. The summed E-state index contributed by atoms with van der Waals surface area (Å²) in [4.78, 5) is 27.3. The maximum Gasteiger partial charge on any atom is 0.437 e. The summed E-state index contributed by atoms with van der Waals surface area (Å²) >= 11 is 5.59. The van der Waals surface area contributed by atoms with Gasteiger partial charge in [-0.25, -0.2) is 9.59 Å². The number of nitrogens with zero attached hydrogens (tertiary/aromatic N) is 1. The van der Waals surface area contributed by atoms with Crippen LogP contribution in [0.3, 0.4) is 0 Å². The molecule has 0 atom stereocenters. The molecule has 0 spiro atoms.